The van der Waals surface area contributed by atoms with Crippen LogP contribution < -0.4 is 0 Å². The van der Waals surface area contributed by atoms with Gasteiger partial charge in [0, 0.05) is 6.54 Å². The van der Waals surface area contributed by atoms with Crippen molar-refractivity contribution < 1.29 is 9.90 Å². The standard InChI is InChI=1S/C12H19N3O2/c1-3-15-11(7-9(2)13-15)10-5-4-6-14(10)8-12(16)17/h7,10H,3-6,8H2,1-2H3,(H,16,17)/t10-/m0/s1. The Bertz CT molecular complexity index is 414. The first-order valence-electron chi connectivity index (χ1n) is 6.12. The molecule has 2 heterocycles. The van der Waals surface area contributed by atoms with Crippen molar-refractivity contribution in [2.24, 2.45) is 0 Å². The van der Waals surface area contributed by atoms with Gasteiger partial charge in [0.25, 0.3) is 0 Å². The third-order valence-corrected chi connectivity index (χ3v) is 3.28. The highest BCUT2D eigenvalue weighted by molar-refractivity contribution is 5.69. The first-order valence-corrected chi connectivity index (χ1v) is 6.12. The number of aliphatic carboxylic acids is 1. The number of carboxylic acid groups (broad SMARTS) is 1. The SMILES string of the molecule is CCn1nc(C)cc1[C@@H]1CCCN1CC(=O)O. The smallest absolute Gasteiger partial charge is 0.317 e. The van der Waals surface area contributed by atoms with Crippen LogP contribution in [0.25, 0.3) is 0 Å². The minimum Gasteiger partial charge on any atom is -0.480 e. The summed E-state index contributed by atoms with van der Waals surface area (Å²) < 4.78 is 1.99. The summed E-state index contributed by atoms with van der Waals surface area (Å²) in [7, 11) is 0. The molecule has 5 heteroatoms. The van der Waals surface area contributed by atoms with E-state index < -0.39 is 5.97 Å². The second-order valence-corrected chi connectivity index (χ2v) is 4.55. The molecule has 0 aromatic carbocycles. The zero-order valence-electron chi connectivity index (χ0n) is 10.4. The molecule has 5 nitrogen and oxygen atoms in total. The fraction of sp³-hybridized carbons (Fsp3) is 0.667. The Morgan fingerprint density at radius 2 is 2.41 bits per heavy atom. The minimum absolute atomic E-state index is 0.124. The van der Waals surface area contributed by atoms with Crippen molar-refractivity contribution in [3.8, 4) is 0 Å². The number of likely N-dealkylation sites (tertiary alicyclic amines) is 1. The summed E-state index contributed by atoms with van der Waals surface area (Å²) >= 11 is 0. The van der Waals surface area contributed by atoms with Gasteiger partial charge in [-0.25, -0.2) is 0 Å². The van der Waals surface area contributed by atoms with Gasteiger partial charge in [-0.15, -0.1) is 0 Å². The molecule has 1 saturated heterocycles. The lowest BCUT2D eigenvalue weighted by Crippen LogP contribution is -2.30. The Balaban J connectivity index is 2.22. The molecule has 0 aliphatic carbocycles. The number of aromatic nitrogens is 2. The lowest BCUT2D eigenvalue weighted by molar-refractivity contribution is -0.138. The van der Waals surface area contributed by atoms with Crippen molar-refractivity contribution in [3.05, 3.63) is 17.5 Å². The predicted molar refractivity (Wildman–Crippen MR) is 63.8 cm³/mol. The number of carbonyl (C=O) groups is 1. The lowest BCUT2D eigenvalue weighted by Gasteiger charge is -2.23. The maximum absolute atomic E-state index is 10.8. The van der Waals surface area contributed by atoms with E-state index in [9.17, 15) is 4.79 Å². The van der Waals surface area contributed by atoms with E-state index in [0.717, 1.165) is 37.3 Å². The van der Waals surface area contributed by atoms with Gasteiger partial charge in [0.05, 0.1) is 24.0 Å². The van der Waals surface area contributed by atoms with Gasteiger partial charge in [0.15, 0.2) is 0 Å². The van der Waals surface area contributed by atoms with Gasteiger partial charge in [-0.1, -0.05) is 0 Å². The van der Waals surface area contributed by atoms with Crippen LogP contribution in [0, 0.1) is 6.92 Å². The minimum atomic E-state index is -0.754. The number of nitrogens with zero attached hydrogens (tertiary/aromatic N) is 3. The fourth-order valence-corrected chi connectivity index (χ4v) is 2.61. The van der Waals surface area contributed by atoms with Crippen molar-refractivity contribution in [3.63, 3.8) is 0 Å². The number of hydrogen-bond acceptors (Lipinski definition) is 3. The summed E-state index contributed by atoms with van der Waals surface area (Å²) in [5.74, 6) is -0.754. The molecule has 2 rings (SSSR count). The number of aryl methyl sites for hydroxylation is 2. The van der Waals surface area contributed by atoms with Crippen LogP contribution >= 0.6 is 0 Å². The Labute approximate surface area is 101 Å². The Morgan fingerprint density at radius 3 is 3.06 bits per heavy atom. The molecule has 0 saturated carbocycles. The normalized spacial score (nSPS) is 20.9. The van der Waals surface area contributed by atoms with Gasteiger partial charge in [0.1, 0.15) is 0 Å². The first-order chi connectivity index (χ1) is 8.11. The van der Waals surface area contributed by atoms with Crippen molar-refractivity contribution >= 4 is 5.97 Å². The second kappa shape index (κ2) is 4.87. The van der Waals surface area contributed by atoms with E-state index in [1.807, 2.05) is 16.5 Å². The Hall–Kier alpha value is -1.36. The molecule has 1 N–H and O–H groups in total. The van der Waals surface area contributed by atoms with Crippen molar-refractivity contribution in [2.45, 2.75) is 39.3 Å². The molecule has 0 amide bonds. The van der Waals surface area contributed by atoms with E-state index in [4.69, 9.17) is 5.11 Å². The maximum atomic E-state index is 10.8. The van der Waals surface area contributed by atoms with Crippen LogP contribution in [0.15, 0.2) is 6.07 Å². The molecule has 1 fully saturated rings. The highest BCUT2D eigenvalue weighted by Crippen LogP contribution is 2.31. The molecule has 0 bridgehead atoms. The summed E-state index contributed by atoms with van der Waals surface area (Å²) in [6, 6.07) is 2.29. The van der Waals surface area contributed by atoms with Gasteiger partial charge in [0.2, 0.25) is 0 Å². The van der Waals surface area contributed by atoms with Gasteiger partial charge < -0.3 is 5.11 Å². The van der Waals surface area contributed by atoms with Gasteiger partial charge >= 0.3 is 5.97 Å². The molecular weight excluding hydrogens is 218 g/mol. The molecular formula is C12H19N3O2. The van der Waals surface area contributed by atoms with Crippen molar-refractivity contribution in [2.75, 3.05) is 13.1 Å². The van der Waals surface area contributed by atoms with Crippen LogP contribution in [-0.4, -0.2) is 38.8 Å². The van der Waals surface area contributed by atoms with E-state index >= 15 is 0 Å². The second-order valence-electron chi connectivity index (χ2n) is 4.55. The molecule has 0 spiro atoms. The zero-order valence-corrected chi connectivity index (χ0v) is 10.4. The van der Waals surface area contributed by atoms with Gasteiger partial charge in [-0.05, 0) is 39.3 Å². The molecule has 1 aromatic heterocycles. The third kappa shape index (κ3) is 2.49. The van der Waals surface area contributed by atoms with Crippen LogP contribution in [0.1, 0.15) is 37.2 Å². The number of rotatable bonds is 4. The summed E-state index contributed by atoms with van der Waals surface area (Å²) in [4.78, 5) is 12.9. The summed E-state index contributed by atoms with van der Waals surface area (Å²) in [6.45, 7) is 5.86. The lowest BCUT2D eigenvalue weighted by atomic mass is 10.1. The quantitative estimate of drug-likeness (QED) is 0.860. The van der Waals surface area contributed by atoms with Crippen molar-refractivity contribution in [1.82, 2.24) is 14.7 Å². The Morgan fingerprint density at radius 1 is 1.65 bits per heavy atom. The van der Waals surface area contributed by atoms with E-state index in [0.29, 0.717) is 0 Å². The molecule has 0 unspecified atom stereocenters. The van der Waals surface area contributed by atoms with E-state index in [2.05, 4.69) is 18.1 Å². The highest BCUT2D eigenvalue weighted by atomic mass is 16.4. The monoisotopic (exact) mass is 237 g/mol. The van der Waals surface area contributed by atoms with Crippen molar-refractivity contribution in [1.29, 1.82) is 0 Å². The van der Waals surface area contributed by atoms with E-state index in [-0.39, 0.29) is 12.6 Å². The highest BCUT2D eigenvalue weighted by Gasteiger charge is 2.29. The Kier molecular flexibility index (Phi) is 3.47. The molecule has 94 valence electrons. The van der Waals surface area contributed by atoms with E-state index in [1.165, 1.54) is 0 Å². The number of hydrogen-bond donors (Lipinski definition) is 1. The summed E-state index contributed by atoms with van der Waals surface area (Å²) in [5, 5.41) is 13.3. The van der Waals surface area contributed by atoms with Crippen LogP contribution in [0.5, 0.6) is 0 Å². The van der Waals surface area contributed by atoms with Gasteiger partial charge in [-0.2, -0.15) is 5.10 Å². The fourth-order valence-electron chi connectivity index (χ4n) is 2.61. The largest absolute Gasteiger partial charge is 0.480 e. The van der Waals surface area contributed by atoms with Crippen LogP contribution in [0.4, 0.5) is 0 Å². The molecule has 1 aromatic rings. The summed E-state index contributed by atoms with van der Waals surface area (Å²) in [5.41, 5.74) is 2.16. The van der Waals surface area contributed by atoms with Gasteiger partial charge in [-0.3, -0.25) is 14.4 Å². The molecule has 1 aliphatic heterocycles. The third-order valence-electron chi connectivity index (χ3n) is 3.28. The van der Waals surface area contributed by atoms with E-state index in [1.54, 1.807) is 0 Å². The number of carboxylic acids is 1. The predicted octanol–water partition coefficient (Wildman–Crippen LogP) is 1.43. The maximum Gasteiger partial charge on any atom is 0.317 e. The van der Waals surface area contributed by atoms with Crippen LogP contribution in [0.3, 0.4) is 0 Å². The molecule has 1 aliphatic rings. The average Bonchev–Trinajstić information content (AvgIpc) is 2.83. The molecule has 0 radical (unpaired) electrons. The average molecular weight is 237 g/mol. The van der Waals surface area contributed by atoms with Crippen LogP contribution in [0.2, 0.25) is 0 Å². The topological polar surface area (TPSA) is 58.4 Å². The summed E-state index contributed by atoms with van der Waals surface area (Å²) in [6.07, 6.45) is 2.09. The van der Waals surface area contributed by atoms with Crippen LogP contribution in [-0.2, 0) is 11.3 Å². The first kappa shape index (κ1) is 12.1. The molecule has 17 heavy (non-hydrogen) atoms. The molecule has 1 atom stereocenters. The zero-order chi connectivity index (χ0) is 12.4.